The summed E-state index contributed by atoms with van der Waals surface area (Å²) >= 11 is 1.20. The van der Waals surface area contributed by atoms with Crippen molar-refractivity contribution in [2.24, 2.45) is 5.73 Å². The second kappa shape index (κ2) is 8.46. The largest absolute Gasteiger partial charge is 0.497 e. The third kappa shape index (κ3) is 4.08. The Bertz CT molecular complexity index is 1070. The molecule has 0 saturated heterocycles. The van der Waals surface area contributed by atoms with Crippen LogP contribution in [-0.4, -0.2) is 52.5 Å². The highest BCUT2D eigenvalue weighted by Gasteiger charge is 2.32. The Hall–Kier alpha value is -3.53. The topological polar surface area (TPSA) is 123 Å². The van der Waals surface area contributed by atoms with E-state index < -0.39 is 12.0 Å². The molecule has 0 spiro atoms. The van der Waals surface area contributed by atoms with E-state index in [1.165, 1.54) is 16.7 Å². The number of carbonyl (C=O) groups excluding carboxylic acids is 2. The summed E-state index contributed by atoms with van der Waals surface area (Å²) in [6, 6.07) is 14.4. The normalized spacial score (nSPS) is 15.2. The van der Waals surface area contributed by atoms with Crippen LogP contribution < -0.4 is 20.1 Å². The summed E-state index contributed by atoms with van der Waals surface area (Å²) in [5.74, 6) is 1.08. The van der Waals surface area contributed by atoms with Crippen molar-refractivity contribution in [3.05, 3.63) is 48.5 Å². The van der Waals surface area contributed by atoms with Crippen LogP contribution in [0.4, 0.5) is 5.69 Å². The minimum Gasteiger partial charge on any atom is -0.497 e. The predicted octanol–water partition coefficient (Wildman–Crippen LogP) is 1.85. The van der Waals surface area contributed by atoms with Gasteiger partial charge in [0.2, 0.25) is 11.1 Å². The fourth-order valence-corrected chi connectivity index (χ4v) is 3.69. The quantitative estimate of drug-likeness (QED) is 0.578. The molecule has 0 radical (unpaired) electrons. The van der Waals surface area contributed by atoms with Gasteiger partial charge in [-0.2, -0.15) is 0 Å². The average Bonchev–Trinajstić information content (AvgIpc) is 3.25. The van der Waals surface area contributed by atoms with E-state index in [2.05, 4.69) is 15.2 Å². The van der Waals surface area contributed by atoms with E-state index >= 15 is 0 Å². The van der Waals surface area contributed by atoms with Crippen LogP contribution in [0.25, 0.3) is 11.4 Å². The molecule has 0 saturated carbocycles. The van der Waals surface area contributed by atoms with Crippen molar-refractivity contribution in [3.8, 4) is 22.9 Å². The minimum atomic E-state index is -0.890. The number of H-pyrrole nitrogens is 1. The Morgan fingerprint density at radius 2 is 2.03 bits per heavy atom. The van der Waals surface area contributed by atoms with Gasteiger partial charge < -0.3 is 20.1 Å². The number of nitrogens with one attached hydrogen (secondary N) is 1. The number of primary amides is 1. The second-order valence-electron chi connectivity index (χ2n) is 6.46. The molecule has 0 bridgehead atoms. The third-order valence-corrected chi connectivity index (χ3v) is 5.38. The molecule has 2 heterocycles. The van der Waals surface area contributed by atoms with Gasteiger partial charge in [0.15, 0.2) is 11.9 Å². The van der Waals surface area contributed by atoms with Gasteiger partial charge in [-0.25, -0.2) is 4.98 Å². The molecule has 3 aromatic rings. The highest BCUT2D eigenvalue weighted by molar-refractivity contribution is 7.99. The number of carbonyl (C=O) groups is 2. The van der Waals surface area contributed by atoms with Crippen molar-refractivity contribution < 1.29 is 19.1 Å². The Kier molecular flexibility index (Phi) is 5.57. The summed E-state index contributed by atoms with van der Waals surface area (Å²) in [5.41, 5.74) is 6.85. The first-order chi connectivity index (χ1) is 14.5. The van der Waals surface area contributed by atoms with E-state index in [-0.39, 0.29) is 18.2 Å². The maximum absolute atomic E-state index is 12.9. The Labute approximate surface area is 176 Å². The maximum Gasteiger partial charge on any atom is 0.260 e. The monoisotopic (exact) mass is 425 g/mol. The van der Waals surface area contributed by atoms with Crippen LogP contribution in [0, 0.1) is 0 Å². The fourth-order valence-electron chi connectivity index (χ4n) is 3.01. The molecule has 3 N–H and O–H groups in total. The van der Waals surface area contributed by atoms with Gasteiger partial charge in [-0.05, 0) is 36.4 Å². The molecule has 0 fully saturated rings. The number of nitrogens with zero attached hydrogens (tertiary/aromatic N) is 3. The minimum absolute atomic E-state index is 0.0663. The fraction of sp³-hybridized carbons (Fsp3) is 0.200. The van der Waals surface area contributed by atoms with Crippen molar-refractivity contribution in [2.45, 2.75) is 11.3 Å². The molecule has 2 amide bonds. The van der Waals surface area contributed by atoms with Gasteiger partial charge in [0.05, 0.1) is 25.1 Å². The van der Waals surface area contributed by atoms with Crippen molar-refractivity contribution in [1.82, 2.24) is 15.2 Å². The molecule has 1 atom stereocenters. The summed E-state index contributed by atoms with van der Waals surface area (Å²) in [6.45, 7) is 0.0663. The van der Waals surface area contributed by atoms with Gasteiger partial charge in [-0.15, -0.1) is 5.10 Å². The Morgan fingerprint density at radius 1 is 1.27 bits per heavy atom. The highest BCUT2D eigenvalue weighted by atomic mass is 32.2. The molecule has 1 aliphatic heterocycles. The van der Waals surface area contributed by atoms with Crippen LogP contribution in [0.3, 0.4) is 0 Å². The molecular weight excluding hydrogens is 406 g/mol. The Balaban J connectivity index is 1.44. The lowest BCUT2D eigenvalue weighted by atomic mass is 10.2. The number of thioether (sulfide) groups is 1. The molecule has 9 nitrogen and oxygen atoms in total. The molecule has 0 unspecified atom stereocenters. The average molecular weight is 425 g/mol. The summed E-state index contributed by atoms with van der Waals surface area (Å²) in [6.07, 6.45) is -0.890. The number of ether oxygens (including phenoxy) is 2. The number of anilines is 1. The first kappa shape index (κ1) is 19.8. The molecule has 1 aliphatic rings. The van der Waals surface area contributed by atoms with E-state index in [9.17, 15) is 9.59 Å². The van der Waals surface area contributed by atoms with E-state index in [4.69, 9.17) is 15.2 Å². The second-order valence-corrected chi connectivity index (χ2v) is 7.41. The van der Waals surface area contributed by atoms with E-state index in [1.807, 2.05) is 24.3 Å². The van der Waals surface area contributed by atoms with Crippen LogP contribution in [0.15, 0.2) is 53.7 Å². The van der Waals surface area contributed by atoms with Crippen molar-refractivity contribution in [3.63, 3.8) is 0 Å². The van der Waals surface area contributed by atoms with Crippen LogP contribution in [0.2, 0.25) is 0 Å². The van der Waals surface area contributed by atoms with Crippen molar-refractivity contribution >= 4 is 29.3 Å². The van der Waals surface area contributed by atoms with Gasteiger partial charge in [0, 0.05) is 5.56 Å². The van der Waals surface area contributed by atoms with Gasteiger partial charge in [0.25, 0.3) is 5.91 Å². The van der Waals surface area contributed by atoms with Crippen LogP contribution in [0.1, 0.15) is 0 Å². The molecule has 10 heteroatoms. The predicted molar refractivity (Wildman–Crippen MR) is 112 cm³/mol. The van der Waals surface area contributed by atoms with Gasteiger partial charge in [0.1, 0.15) is 11.5 Å². The summed E-state index contributed by atoms with van der Waals surface area (Å²) in [5, 5.41) is 7.48. The lowest BCUT2D eigenvalue weighted by Gasteiger charge is -2.33. The summed E-state index contributed by atoms with van der Waals surface area (Å²) in [7, 11) is 1.60. The molecule has 154 valence electrons. The van der Waals surface area contributed by atoms with Crippen molar-refractivity contribution in [1.29, 1.82) is 0 Å². The Morgan fingerprint density at radius 3 is 2.77 bits per heavy atom. The highest BCUT2D eigenvalue weighted by Crippen LogP contribution is 2.33. The SMILES string of the molecule is COc1ccc(-c2nc(SCC(=O)N3C[C@H](C(N)=O)Oc4ccccc43)n[nH]2)cc1. The molecule has 30 heavy (non-hydrogen) atoms. The number of hydrogen-bond acceptors (Lipinski definition) is 7. The number of benzene rings is 2. The van der Waals surface area contributed by atoms with Crippen molar-refractivity contribution in [2.75, 3.05) is 24.3 Å². The first-order valence-corrected chi connectivity index (χ1v) is 10.1. The molecule has 4 rings (SSSR count). The van der Waals surface area contributed by atoms with Gasteiger partial charge in [-0.1, -0.05) is 23.9 Å². The summed E-state index contributed by atoms with van der Waals surface area (Å²) in [4.78, 5) is 30.4. The first-order valence-electron chi connectivity index (χ1n) is 9.10. The number of aromatic amines is 1. The molecular formula is C20H19N5O4S. The standard InChI is InChI=1S/C20H19N5O4S/c1-28-13-8-6-12(7-9-13)19-22-20(24-23-19)30-11-17(26)25-10-16(18(21)27)29-15-5-3-2-4-14(15)25/h2-9,16H,10-11H2,1H3,(H2,21,27)(H,22,23,24)/t16-/m1/s1. The lowest BCUT2D eigenvalue weighted by molar-refractivity contribution is -0.125. The smallest absolute Gasteiger partial charge is 0.260 e. The number of para-hydroxylation sites is 2. The zero-order chi connectivity index (χ0) is 21.1. The number of amides is 2. The van der Waals surface area contributed by atoms with Crippen LogP contribution >= 0.6 is 11.8 Å². The van der Waals surface area contributed by atoms with E-state index in [1.54, 1.807) is 31.4 Å². The van der Waals surface area contributed by atoms with E-state index in [0.29, 0.717) is 22.4 Å². The van der Waals surface area contributed by atoms with Gasteiger partial charge in [-0.3, -0.25) is 14.7 Å². The third-order valence-electron chi connectivity index (χ3n) is 4.55. The molecule has 2 aromatic carbocycles. The van der Waals surface area contributed by atoms with Crippen LogP contribution in [0.5, 0.6) is 11.5 Å². The zero-order valence-electron chi connectivity index (χ0n) is 16.1. The number of nitrogens with two attached hydrogens (primary N) is 1. The number of rotatable bonds is 6. The lowest BCUT2D eigenvalue weighted by Crippen LogP contribution is -2.49. The number of methoxy groups -OCH3 is 1. The van der Waals surface area contributed by atoms with Gasteiger partial charge >= 0.3 is 0 Å². The zero-order valence-corrected chi connectivity index (χ0v) is 16.9. The number of hydrogen-bond donors (Lipinski definition) is 2. The summed E-state index contributed by atoms with van der Waals surface area (Å²) < 4.78 is 10.7. The number of fused-ring (bicyclic) bond motifs is 1. The maximum atomic E-state index is 12.9. The number of aromatic nitrogens is 3. The van der Waals surface area contributed by atoms with E-state index in [0.717, 1.165) is 11.3 Å². The molecule has 1 aromatic heterocycles. The van der Waals surface area contributed by atoms with Crippen LogP contribution in [-0.2, 0) is 9.59 Å². The molecule has 0 aliphatic carbocycles.